The van der Waals surface area contributed by atoms with Crippen LogP contribution in [0.4, 0.5) is 4.79 Å². The molecule has 0 unspecified atom stereocenters. The van der Waals surface area contributed by atoms with E-state index in [9.17, 15) is 19.5 Å². The van der Waals surface area contributed by atoms with Crippen molar-refractivity contribution in [2.75, 3.05) is 14.1 Å². The van der Waals surface area contributed by atoms with Crippen LogP contribution in [-0.2, 0) is 14.3 Å². The number of hydrogen-bond donors (Lipinski definition) is 1. The Hall–Kier alpha value is -1.79. The van der Waals surface area contributed by atoms with Crippen molar-refractivity contribution in [1.29, 1.82) is 0 Å². The number of carboxylic acids is 1. The highest BCUT2D eigenvalue weighted by Gasteiger charge is 2.41. The van der Waals surface area contributed by atoms with Gasteiger partial charge in [0, 0.05) is 14.1 Å². The number of carbonyl (C=O) groups excluding carboxylic acids is 2. The lowest BCUT2D eigenvalue weighted by molar-refractivity contribution is -0.155. The van der Waals surface area contributed by atoms with Crippen LogP contribution in [0, 0.1) is 11.3 Å². The number of ether oxygens (including phenoxy) is 1. The van der Waals surface area contributed by atoms with Gasteiger partial charge in [0.2, 0.25) is 5.91 Å². The second kappa shape index (κ2) is 8.73. The molecule has 2 atom stereocenters. The lowest BCUT2D eigenvalue weighted by Crippen LogP contribution is -2.57. The van der Waals surface area contributed by atoms with Gasteiger partial charge in [-0.2, -0.15) is 0 Å². The fourth-order valence-electron chi connectivity index (χ4n) is 2.81. The Bertz CT molecular complexity index is 517. The van der Waals surface area contributed by atoms with Gasteiger partial charge in [0.25, 0.3) is 0 Å². The summed E-state index contributed by atoms with van der Waals surface area (Å²) in [6, 6.07) is -1.80. The Morgan fingerprint density at radius 2 is 1.42 bits per heavy atom. The van der Waals surface area contributed by atoms with Gasteiger partial charge in [0.1, 0.15) is 17.7 Å². The minimum absolute atomic E-state index is 0.139. The third kappa shape index (κ3) is 7.22. The van der Waals surface area contributed by atoms with Gasteiger partial charge in [-0.3, -0.25) is 9.69 Å². The van der Waals surface area contributed by atoms with Gasteiger partial charge in [0.15, 0.2) is 0 Å². The number of carbonyl (C=O) groups is 3. The summed E-state index contributed by atoms with van der Waals surface area (Å²) in [5.74, 6) is -1.34. The summed E-state index contributed by atoms with van der Waals surface area (Å²) >= 11 is 0. The Labute approximate surface area is 157 Å². The largest absolute Gasteiger partial charge is 0.480 e. The lowest BCUT2D eigenvalue weighted by Gasteiger charge is -2.39. The first-order valence-electron chi connectivity index (χ1n) is 8.94. The van der Waals surface area contributed by atoms with Crippen LogP contribution in [0.2, 0.25) is 0 Å². The summed E-state index contributed by atoms with van der Waals surface area (Å²) < 4.78 is 5.37. The molecule has 0 aromatic heterocycles. The Kier molecular flexibility index (Phi) is 8.13. The second-order valence-corrected chi connectivity index (χ2v) is 9.29. The molecule has 0 aromatic rings. The summed E-state index contributed by atoms with van der Waals surface area (Å²) in [7, 11) is 2.99. The zero-order chi connectivity index (χ0) is 21.0. The van der Waals surface area contributed by atoms with Crippen LogP contribution in [0.3, 0.4) is 0 Å². The zero-order valence-electron chi connectivity index (χ0n) is 17.9. The maximum Gasteiger partial charge on any atom is 0.410 e. The van der Waals surface area contributed by atoms with E-state index in [1.165, 1.54) is 23.9 Å². The molecule has 0 saturated heterocycles. The Morgan fingerprint density at radius 1 is 0.962 bits per heavy atom. The first-order valence-corrected chi connectivity index (χ1v) is 8.94. The van der Waals surface area contributed by atoms with Crippen LogP contribution < -0.4 is 0 Å². The van der Waals surface area contributed by atoms with E-state index in [1.54, 1.807) is 41.5 Å². The topological polar surface area (TPSA) is 87.2 Å². The number of carboxylic acid groups (broad SMARTS) is 1. The van der Waals surface area contributed by atoms with Gasteiger partial charge in [-0.1, -0.05) is 34.6 Å². The van der Waals surface area contributed by atoms with Crippen molar-refractivity contribution < 1.29 is 24.2 Å². The van der Waals surface area contributed by atoms with Gasteiger partial charge in [-0.25, -0.2) is 9.59 Å². The molecule has 26 heavy (non-hydrogen) atoms. The average molecular weight is 373 g/mol. The lowest BCUT2D eigenvalue weighted by atomic mass is 9.85. The highest BCUT2D eigenvalue weighted by Crippen LogP contribution is 2.26. The molecule has 0 saturated carbocycles. The molecule has 0 aromatic carbocycles. The number of aliphatic carboxylic acids is 1. The van der Waals surface area contributed by atoms with Crippen LogP contribution in [0.5, 0.6) is 0 Å². The molecule has 152 valence electrons. The number of likely N-dealkylation sites (N-methyl/N-ethyl adjacent to an activating group) is 2. The molecule has 0 aliphatic rings. The molecular weight excluding hydrogens is 336 g/mol. The van der Waals surface area contributed by atoms with Gasteiger partial charge in [0.05, 0.1) is 0 Å². The first kappa shape index (κ1) is 24.2. The number of amides is 2. The summed E-state index contributed by atoms with van der Waals surface area (Å²) in [5.41, 5.74) is -1.33. The normalized spacial score (nSPS) is 14.6. The molecule has 0 spiro atoms. The smallest absolute Gasteiger partial charge is 0.410 e. The second-order valence-electron chi connectivity index (χ2n) is 9.29. The highest BCUT2D eigenvalue weighted by atomic mass is 16.6. The number of hydrogen-bond acceptors (Lipinski definition) is 4. The maximum absolute atomic E-state index is 13.1. The van der Waals surface area contributed by atoms with Gasteiger partial charge < -0.3 is 14.7 Å². The molecule has 0 fully saturated rings. The molecule has 2 amide bonds. The standard InChI is InChI=1S/C19H36N2O5/c1-12(2)11-13(20(9)17(25)26-19(6,7)8)15(22)21(10)14(16(23)24)18(3,4)5/h12-14H,11H2,1-10H3,(H,23,24)/t13-,14-/m0/s1. The molecular formula is C19H36N2O5. The zero-order valence-corrected chi connectivity index (χ0v) is 17.9. The van der Waals surface area contributed by atoms with E-state index in [4.69, 9.17) is 4.74 Å². The summed E-state index contributed by atoms with van der Waals surface area (Å²) in [5, 5.41) is 9.59. The van der Waals surface area contributed by atoms with Crippen molar-refractivity contribution in [3.05, 3.63) is 0 Å². The van der Waals surface area contributed by atoms with Crippen molar-refractivity contribution in [1.82, 2.24) is 9.80 Å². The monoisotopic (exact) mass is 372 g/mol. The minimum Gasteiger partial charge on any atom is -0.480 e. The first-order chi connectivity index (χ1) is 11.5. The fourth-order valence-corrected chi connectivity index (χ4v) is 2.81. The van der Waals surface area contributed by atoms with Gasteiger partial charge in [-0.05, 0) is 38.5 Å². The Balaban J connectivity index is 5.68. The third-order valence-electron chi connectivity index (χ3n) is 3.92. The summed E-state index contributed by atoms with van der Waals surface area (Å²) in [6.45, 7) is 14.5. The van der Waals surface area contributed by atoms with Crippen LogP contribution in [0.15, 0.2) is 0 Å². The highest BCUT2D eigenvalue weighted by molar-refractivity contribution is 5.89. The van der Waals surface area contributed by atoms with Crippen molar-refractivity contribution in [3.63, 3.8) is 0 Å². The number of nitrogens with zero attached hydrogens (tertiary/aromatic N) is 2. The molecule has 0 rings (SSSR count). The van der Waals surface area contributed by atoms with E-state index >= 15 is 0 Å². The molecule has 0 radical (unpaired) electrons. The van der Waals surface area contributed by atoms with Crippen LogP contribution in [0.1, 0.15) is 61.8 Å². The molecule has 1 N–H and O–H groups in total. The molecule has 7 heteroatoms. The predicted octanol–water partition coefficient (Wildman–Crippen LogP) is 3.23. The quantitative estimate of drug-likeness (QED) is 0.773. The van der Waals surface area contributed by atoms with E-state index in [-0.39, 0.29) is 5.92 Å². The van der Waals surface area contributed by atoms with E-state index in [0.29, 0.717) is 6.42 Å². The van der Waals surface area contributed by atoms with Crippen molar-refractivity contribution >= 4 is 18.0 Å². The van der Waals surface area contributed by atoms with E-state index < -0.39 is 41.1 Å². The van der Waals surface area contributed by atoms with Gasteiger partial charge in [-0.15, -0.1) is 0 Å². The van der Waals surface area contributed by atoms with Gasteiger partial charge >= 0.3 is 12.1 Å². The SMILES string of the molecule is CC(C)C[C@@H](C(=O)N(C)[C@@H](C(=O)O)C(C)(C)C)N(C)C(=O)OC(C)(C)C. The van der Waals surface area contributed by atoms with Crippen LogP contribution in [-0.4, -0.2) is 64.7 Å². The maximum atomic E-state index is 13.1. The minimum atomic E-state index is -1.07. The molecule has 0 heterocycles. The van der Waals surface area contributed by atoms with E-state index in [0.717, 1.165) is 0 Å². The van der Waals surface area contributed by atoms with Crippen molar-refractivity contribution in [2.45, 2.75) is 79.5 Å². The Morgan fingerprint density at radius 3 is 1.73 bits per heavy atom. The molecule has 0 aliphatic carbocycles. The van der Waals surface area contributed by atoms with E-state index in [1.807, 2.05) is 13.8 Å². The number of rotatable bonds is 6. The average Bonchev–Trinajstić information content (AvgIpc) is 2.38. The predicted molar refractivity (Wildman–Crippen MR) is 101 cm³/mol. The summed E-state index contributed by atoms with van der Waals surface area (Å²) in [6.07, 6.45) is -0.192. The third-order valence-corrected chi connectivity index (χ3v) is 3.92. The summed E-state index contributed by atoms with van der Waals surface area (Å²) in [4.78, 5) is 39.8. The van der Waals surface area contributed by atoms with Crippen LogP contribution >= 0.6 is 0 Å². The van der Waals surface area contributed by atoms with E-state index in [2.05, 4.69) is 0 Å². The fraction of sp³-hybridized carbons (Fsp3) is 0.842. The molecule has 0 aliphatic heterocycles. The molecule has 7 nitrogen and oxygen atoms in total. The molecule has 0 bridgehead atoms. The van der Waals surface area contributed by atoms with Crippen molar-refractivity contribution in [3.8, 4) is 0 Å². The van der Waals surface area contributed by atoms with Crippen molar-refractivity contribution in [2.24, 2.45) is 11.3 Å². The van der Waals surface area contributed by atoms with Crippen LogP contribution in [0.25, 0.3) is 0 Å².